The van der Waals surface area contributed by atoms with Crippen LogP contribution < -0.4 is 0 Å². The van der Waals surface area contributed by atoms with Crippen LogP contribution in [0.3, 0.4) is 0 Å². The van der Waals surface area contributed by atoms with Gasteiger partial charge in [0.15, 0.2) is 5.82 Å². The molecule has 2 aromatic rings. The lowest BCUT2D eigenvalue weighted by atomic mass is 10.1. The average Bonchev–Trinajstić information content (AvgIpc) is 3.10. The van der Waals surface area contributed by atoms with Crippen LogP contribution in [0.2, 0.25) is 5.02 Å². The second kappa shape index (κ2) is 7.32. The van der Waals surface area contributed by atoms with Crippen LogP contribution in [0.25, 0.3) is 0 Å². The Balaban J connectivity index is 1.58. The molecule has 0 radical (unpaired) electrons. The Morgan fingerprint density at radius 3 is 2.50 bits per heavy atom. The molecule has 1 aliphatic rings. The van der Waals surface area contributed by atoms with Gasteiger partial charge in [0.05, 0.1) is 6.04 Å². The van der Waals surface area contributed by atoms with E-state index in [2.05, 4.69) is 22.0 Å². The van der Waals surface area contributed by atoms with E-state index in [9.17, 15) is 4.79 Å². The lowest BCUT2D eigenvalue weighted by Gasteiger charge is -2.36. The third-order valence-electron chi connectivity index (χ3n) is 4.40. The van der Waals surface area contributed by atoms with Gasteiger partial charge in [-0.1, -0.05) is 23.7 Å². The van der Waals surface area contributed by atoms with Crippen LogP contribution in [0.5, 0.6) is 0 Å². The number of carbonyl (C=O) groups is 1. The zero-order chi connectivity index (χ0) is 17.1. The summed E-state index contributed by atoms with van der Waals surface area (Å²) in [5, 5.41) is 4.59. The van der Waals surface area contributed by atoms with Crippen molar-refractivity contribution in [2.45, 2.75) is 26.3 Å². The molecule has 6 nitrogen and oxygen atoms in total. The molecule has 0 saturated carbocycles. The number of carbonyl (C=O) groups excluding carboxylic acids is 1. The van der Waals surface area contributed by atoms with E-state index in [0.29, 0.717) is 29.6 Å². The van der Waals surface area contributed by atoms with Gasteiger partial charge >= 0.3 is 0 Å². The van der Waals surface area contributed by atoms with Crippen molar-refractivity contribution in [1.82, 2.24) is 19.9 Å². The van der Waals surface area contributed by atoms with Crippen LogP contribution in [0.4, 0.5) is 0 Å². The highest BCUT2D eigenvalue weighted by Gasteiger charge is 2.27. The van der Waals surface area contributed by atoms with Gasteiger partial charge in [-0.15, -0.1) is 0 Å². The molecule has 1 atom stereocenters. The Hall–Kier alpha value is -1.92. The number of nitrogens with zero attached hydrogens (tertiary/aromatic N) is 4. The first kappa shape index (κ1) is 16.9. The van der Waals surface area contributed by atoms with Gasteiger partial charge in [-0.05, 0) is 31.2 Å². The predicted octanol–water partition coefficient (Wildman–Crippen LogP) is 2.80. The van der Waals surface area contributed by atoms with E-state index >= 15 is 0 Å². The number of hydrogen-bond acceptors (Lipinski definition) is 5. The summed E-state index contributed by atoms with van der Waals surface area (Å²) in [6.07, 6.45) is 0.763. The molecule has 24 heavy (non-hydrogen) atoms. The van der Waals surface area contributed by atoms with Crippen molar-refractivity contribution in [3.63, 3.8) is 0 Å². The molecule has 1 amide bonds. The Kier molecular flexibility index (Phi) is 5.16. The van der Waals surface area contributed by atoms with Crippen LogP contribution in [0.15, 0.2) is 28.8 Å². The highest BCUT2D eigenvalue weighted by atomic mass is 35.5. The van der Waals surface area contributed by atoms with Crippen molar-refractivity contribution in [2.24, 2.45) is 0 Å². The maximum absolute atomic E-state index is 12.5. The first-order chi connectivity index (χ1) is 11.6. The van der Waals surface area contributed by atoms with E-state index in [1.54, 1.807) is 24.3 Å². The molecule has 7 heteroatoms. The van der Waals surface area contributed by atoms with Crippen molar-refractivity contribution in [2.75, 3.05) is 26.2 Å². The minimum atomic E-state index is 0.0463. The number of aromatic nitrogens is 2. The summed E-state index contributed by atoms with van der Waals surface area (Å²) in [6.45, 7) is 6.99. The van der Waals surface area contributed by atoms with Crippen molar-refractivity contribution in [1.29, 1.82) is 0 Å². The van der Waals surface area contributed by atoms with Gasteiger partial charge in [0, 0.05) is 43.2 Å². The highest BCUT2D eigenvalue weighted by molar-refractivity contribution is 6.30. The molecule has 1 aliphatic heterocycles. The molecule has 0 aliphatic carbocycles. The van der Waals surface area contributed by atoms with Gasteiger partial charge in [-0.3, -0.25) is 9.69 Å². The largest absolute Gasteiger partial charge is 0.338 e. The summed E-state index contributed by atoms with van der Waals surface area (Å²) in [4.78, 5) is 21.1. The fraction of sp³-hybridized carbons (Fsp3) is 0.471. The number of benzene rings is 1. The van der Waals surface area contributed by atoms with Crippen molar-refractivity contribution < 1.29 is 9.32 Å². The lowest BCUT2D eigenvalue weighted by molar-refractivity contribution is 0.0551. The van der Waals surface area contributed by atoms with Gasteiger partial charge < -0.3 is 9.42 Å². The minimum absolute atomic E-state index is 0.0463. The second-order valence-electron chi connectivity index (χ2n) is 5.91. The maximum Gasteiger partial charge on any atom is 0.253 e. The molecule has 128 valence electrons. The summed E-state index contributed by atoms with van der Waals surface area (Å²) in [5.41, 5.74) is 0.672. The van der Waals surface area contributed by atoms with E-state index in [-0.39, 0.29) is 11.9 Å². The third-order valence-corrected chi connectivity index (χ3v) is 4.65. The van der Waals surface area contributed by atoms with E-state index < -0.39 is 0 Å². The number of rotatable bonds is 4. The minimum Gasteiger partial charge on any atom is -0.338 e. The SMILES string of the molecule is CCc1noc(C(C)N2CCN(C(=O)c3ccc(Cl)cc3)CC2)n1. The topological polar surface area (TPSA) is 62.5 Å². The number of piperazine rings is 1. The number of hydrogen-bond donors (Lipinski definition) is 0. The molecular formula is C17H21ClN4O2. The Labute approximate surface area is 146 Å². The summed E-state index contributed by atoms with van der Waals surface area (Å²) < 4.78 is 5.33. The van der Waals surface area contributed by atoms with Gasteiger partial charge in [0.1, 0.15) is 0 Å². The normalized spacial score (nSPS) is 17.0. The van der Waals surface area contributed by atoms with Crippen molar-refractivity contribution >= 4 is 17.5 Å². The zero-order valence-electron chi connectivity index (χ0n) is 13.9. The first-order valence-corrected chi connectivity index (χ1v) is 8.57. The monoisotopic (exact) mass is 348 g/mol. The Bertz CT molecular complexity index is 693. The van der Waals surface area contributed by atoms with Crippen LogP contribution in [0, 0.1) is 0 Å². The number of halogens is 1. The molecule has 0 bridgehead atoms. The summed E-state index contributed by atoms with van der Waals surface area (Å²) in [5.74, 6) is 1.42. The number of aryl methyl sites for hydroxylation is 1. The van der Waals surface area contributed by atoms with Crippen LogP contribution >= 0.6 is 11.6 Å². The summed E-state index contributed by atoms with van der Waals surface area (Å²) in [6, 6.07) is 7.09. The van der Waals surface area contributed by atoms with E-state index in [4.69, 9.17) is 16.1 Å². The molecular weight excluding hydrogens is 328 g/mol. The average molecular weight is 349 g/mol. The second-order valence-corrected chi connectivity index (χ2v) is 6.35. The van der Waals surface area contributed by atoms with Crippen LogP contribution in [-0.4, -0.2) is 52.0 Å². The van der Waals surface area contributed by atoms with Gasteiger partial charge in [-0.25, -0.2) is 0 Å². The van der Waals surface area contributed by atoms with Gasteiger partial charge in [0.25, 0.3) is 5.91 Å². The smallest absolute Gasteiger partial charge is 0.253 e. The standard InChI is InChI=1S/C17H21ClN4O2/c1-3-15-19-16(24-20-15)12(2)21-8-10-22(11-9-21)17(23)13-4-6-14(18)7-5-13/h4-7,12H,3,8-11H2,1-2H3. The zero-order valence-corrected chi connectivity index (χ0v) is 14.7. The fourth-order valence-electron chi connectivity index (χ4n) is 2.82. The van der Waals surface area contributed by atoms with Crippen molar-refractivity contribution in [3.8, 4) is 0 Å². The van der Waals surface area contributed by atoms with E-state index in [1.807, 2.05) is 11.8 Å². The fourth-order valence-corrected chi connectivity index (χ4v) is 2.95. The molecule has 1 fully saturated rings. The first-order valence-electron chi connectivity index (χ1n) is 8.20. The molecule has 1 unspecified atom stereocenters. The summed E-state index contributed by atoms with van der Waals surface area (Å²) >= 11 is 5.88. The van der Waals surface area contributed by atoms with E-state index in [0.717, 1.165) is 25.3 Å². The van der Waals surface area contributed by atoms with Gasteiger partial charge in [-0.2, -0.15) is 4.98 Å². The van der Waals surface area contributed by atoms with E-state index in [1.165, 1.54) is 0 Å². The Morgan fingerprint density at radius 1 is 1.25 bits per heavy atom. The molecule has 0 spiro atoms. The molecule has 0 N–H and O–H groups in total. The quantitative estimate of drug-likeness (QED) is 0.850. The number of amides is 1. The molecule has 1 aromatic heterocycles. The predicted molar refractivity (Wildman–Crippen MR) is 91.0 cm³/mol. The molecule has 2 heterocycles. The van der Waals surface area contributed by atoms with Crippen LogP contribution in [-0.2, 0) is 6.42 Å². The highest BCUT2D eigenvalue weighted by Crippen LogP contribution is 2.21. The van der Waals surface area contributed by atoms with Crippen molar-refractivity contribution in [3.05, 3.63) is 46.6 Å². The molecule has 3 rings (SSSR count). The molecule has 1 saturated heterocycles. The van der Waals surface area contributed by atoms with Crippen LogP contribution in [0.1, 0.15) is 42.0 Å². The summed E-state index contributed by atoms with van der Waals surface area (Å²) in [7, 11) is 0. The molecule has 1 aromatic carbocycles. The maximum atomic E-state index is 12.5. The lowest BCUT2D eigenvalue weighted by Crippen LogP contribution is -2.49. The Morgan fingerprint density at radius 2 is 1.92 bits per heavy atom. The van der Waals surface area contributed by atoms with Gasteiger partial charge in [0.2, 0.25) is 5.89 Å². The third kappa shape index (κ3) is 3.60.